The van der Waals surface area contributed by atoms with Gasteiger partial charge in [0.15, 0.2) is 0 Å². The van der Waals surface area contributed by atoms with E-state index in [9.17, 15) is 0 Å². The van der Waals surface area contributed by atoms with E-state index in [1.807, 2.05) is 11.8 Å². The summed E-state index contributed by atoms with van der Waals surface area (Å²) in [6.45, 7) is 8.95. The average molecular weight is 264 g/mol. The third-order valence-corrected chi connectivity index (χ3v) is 4.24. The van der Waals surface area contributed by atoms with Crippen LogP contribution in [0, 0.1) is 5.92 Å². The lowest BCUT2D eigenvalue weighted by atomic mass is 10.1. The van der Waals surface area contributed by atoms with Gasteiger partial charge in [-0.2, -0.15) is 0 Å². The lowest BCUT2D eigenvalue weighted by Gasteiger charge is -2.10. The summed E-state index contributed by atoms with van der Waals surface area (Å²) in [6, 6.07) is 8.95. The fourth-order valence-electron chi connectivity index (χ4n) is 2.27. The van der Waals surface area contributed by atoms with Crippen molar-refractivity contribution < 1.29 is 0 Å². The van der Waals surface area contributed by atoms with E-state index in [0.29, 0.717) is 5.25 Å². The highest BCUT2D eigenvalue weighted by atomic mass is 32.2. The second kappa shape index (κ2) is 7.17. The summed E-state index contributed by atoms with van der Waals surface area (Å²) in [4.78, 5) is 1.37. The monoisotopic (exact) mass is 264 g/mol. The van der Waals surface area contributed by atoms with Crippen molar-refractivity contribution in [3.8, 4) is 0 Å². The molecule has 1 unspecified atom stereocenters. The summed E-state index contributed by atoms with van der Waals surface area (Å²) in [7, 11) is 0. The predicted molar refractivity (Wildman–Crippen MR) is 80.1 cm³/mol. The Hall–Kier alpha value is -0.510. The number of thioether (sulfide) groups is 1. The molecule has 1 aromatic rings. The smallest absolute Gasteiger partial charge is 0.0205 e. The fourth-order valence-corrected chi connectivity index (χ4v) is 3.10. The fraction of sp³-hybridized carbons (Fsp3) is 0.600. The topological polar surface area (TPSA) is 24.1 Å². The maximum absolute atomic E-state index is 3.56. The molecule has 18 heavy (non-hydrogen) atoms. The molecule has 0 radical (unpaired) electrons. The van der Waals surface area contributed by atoms with Gasteiger partial charge in [-0.25, -0.2) is 0 Å². The summed E-state index contributed by atoms with van der Waals surface area (Å²) >= 11 is 1.92. The highest BCUT2D eigenvalue weighted by Gasteiger charge is 2.13. The molecule has 0 saturated carbocycles. The zero-order valence-electron chi connectivity index (χ0n) is 11.4. The Morgan fingerprint density at radius 1 is 1.33 bits per heavy atom. The molecule has 1 aromatic carbocycles. The van der Waals surface area contributed by atoms with E-state index in [4.69, 9.17) is 0 Å². The highest BCUT2D eigenvalue weighted by molar-refractivity contribution is 7.99. The molecule has 100 valence electrons. The standard InChI is InChI=1S/C15H24N2S/c1-12(2)18-15-5-3-13(4-6-15)9-17-11-14-7-8-16-10-14/h3-6,12,14,16-17H,7-11H2,1-2H3. The van der Waals surface area contributed by atoms with E-state index in [1.54, 1.807) is 0 Å². The Bertz CT molecular complexity index is 342. The van der Waals surface area contributed by atoms with Crippen molar-refractivity contribution >= 4 is 11.8 Å². The van der Waals surface area contributed by atoms with E-state index in [1.165, 1.54) is 30.0 Å². The zero-order chi connectivity index (χ0) is 12.8. The zero-order valence-corrected chi connectivity index (χ0v) is 12.2. The van der Waals surface area contributed by atoms with Crippen LogP contribution in [0.15, 0.2) is 29.2 Å². The lowest BCUT2D eigenvalue weighted by Crippen LogP contribution is -2.23. The Morgan fingerprint density at radius 3 is 2.72 bits per heavy atom. The molecule has 1 fully saturated rings. The normalized spacial score (nSPS) is 19.6. The molecule has 2 nitrogen and oxygen atoms in total. The number of hydrogen-bond acceptors (Lipinski definition) is 3. The number of benzene rings is 1. The van der Waals surface area contributed by atoms with Crippen LogP contribution in [0.25, 0.3) is 0 Å². The molecule has 0 spiro atoms. The Morgan fingerprint density at radius 2 is 2.11 bits per heavy atom. The molecule has 1 heterocycles. The van der Waals surface area contributed by atoms with E-state index >= 15 is 0 Å². The Kier molecular flexibility index (Phi) is 5.54. The lowest BCUT2D eigenvalue weighted by molar-refractivity contribution is 0.512. The van der Waals surface area contributed by atoms with Crippen molar-refractivity contribution in [2.24, 2.45) is 5.92 Å². The Labute approximate surface area is 115 Å². The van der Waals surface area contributed by atoms with Crippen LogP contribution in [-0.2, 0) is 6.54 Å². The van der Waals surface area contributed by atoms with E-state index in [0.717, 1.165) is 19.0 Å². The predicted octanol–water partition coefficient (Wildman–Crippen LogP) is 2.89. The number of rotatable bonds is 6. The van der Waals surface area contributed by atoms with Crippen LogP contribution in [0.3, 0.4) is 0 Å². The third kappa shape index (κ3) is 4.63. The maximum atomic E-state index is 3.56. The minimum Gasteiger partial charge on any atom is -0.316 e. The van der Waals surface area contributed by atoms with Crippen LogP contribution >= 0.6 is 11.8 Å². The highest BCUT2D eigenvalue weighted by Crippen LogP contribution is 2.22. The average Bonchev–Trinajstić information content (AvgIpc) is 2.84. The van der Waals surface area contributed by atoms with E-state index < -0.39 is 0 Å². The molecule has 2 N–H and O–H groups in total. The first-order valence-electron chi connectivity index (χ1n) is 6.91. The SMILES string of the molecule is CC(C)Sc1ccc(CNCC2CCNC2)cc1. The van der Waals surface area contributed by atoms with E-state index in [-0.39, 0.29) is 0 Å². The first-order chi connectivity index (χ1) is 8.74. The molecule has 0 aromatic heterocycles. The second-order valence-corrected chi connectivity index (χ2v) is 6.95. The van der Waals surface area contributed by atoms with Crippen molar-refractivity contribution in [3.05, 3.63) is 29.8 Å². The minimum absolute atomic E-state index is 0.656. The van der Waals surface area contributed by atoms with Crippen molar-refractivity contribution in [2.75, 3.05) is 19.6 Å². The van der Waals surface area contributed by atoms with Crippen LogP contribution in [-0.4, -0.2) is 24.9 Å². The molecule has 0 amide bonds. The summed E-state index contributed by atoms with van der Waals surface area (Å²) in [5, 5.41) is 7.62. The summed E-state index contributed by atoms with van der Waals surface area (Å²) < 4.78 is 0. The van der Waals surface area contributed by atoms with Gasteiger partial charge in [-0.05, 0) is 49.7 Å². The Balaban J connectivity index is 1.72. The van der Waals surface area contributed by atoms with Gasteiger partial charge in [0.25, 0.3) is 0 Å². The van der Waals surface area contributed by atoms with Gasteiger partial charge >= 0.3 is 0 Å². The molecule has 1 saturated heterocycles. The van der Waals surface area contributed by atoms with Gasteiger partial charge in [-0.3, -0.25) is 0 Å². The summed E-state index contributed by atoms with van der Waals surface area (Å²) in [6.07, 6.45) is 1.32. The van der Waals surface area contributed by atoms with Crippen LogP contribution < -0.4 is 10.6 Å². The molecule has 1 atom stereocenters. The first kappa shape index (κ1) is 13.9. The van der Waals surface area contributed by atoms with Gasteiger partial charge in [0, 0.05) is 16.7 Å². The molecule has 1 aliphatic heterocycles. The quantitative estimate of drug-likeness (QED) is 0.773. The number of nitrogens with one attached hydrogen (secondary N) is 2. The van der Waals surface area contributed by atoms with Crippen LogP contribution in [0.1, 0.15) is 25.8 Å². The minimum atomic E-state index is 0.656. The molecular weight excluding hydrogens is 240 g/mol. The molecule has 1 aliphatic rings. The van der Waals surface area contributed by atoms with Crippen molar-refractivity contribution in [1.29, 1.82) is 0 Å². The molecular formula is C15H24N2S. The van der Waals surface area contributed by atoms with Crippen molar-refractivity contribution in [3.63, 3.8) is 0 Å². The van der Waals surface area contributed by atoms with Crippen LogP contribution in [0.5, 0.6) is 0 Å². The van der Waals surface area contributed by atoms with Gasteiger partial charge in [-0.15, -0.1) is 11.8 Å². The maximum Gasteiger partial charge on any atom is 0.0205 e. The van der Waals surface area contributed by atoms with E-state index in [2.05, 4.69) is 48.7 Å². The van der Waals surface area contributed by atoms with Crippen molar-refractivity contribution in [2.45, 2.75) is 37.0 Å². The molecule has 0 aliphatic carbocycles. The van der Waals surface area contributed by atoms with Crippen LogP contribution in [0.2, 0.25) is 0 Å². The summed E-state index contributed by atoms with van der Waals surface area (Å²) in [5.41, 5.74) is 1.38. The van der Waals surface area contributed by atoms with Gasteiger partial charge in [0.05, 0.1) is 0 Å². The van der Waals surface area contributed by atoms with Crippen molar-refractivity contribution in [1.82, 2.24) is 10.6 Å². The van der Waals surface area contributed by atoms with Gasteiger partial charge in [0.1, 0.15) is 0 Å². The summed E-state index contributed by atoms with van der Waals surface area (Å²) in [5.74, 6) is 0.820. The van der Waals surface area contributed by atoms with Gasteiger partial charge in [-0.1, -0.05) is 26.0 Å². The number of hydrogen-bond donors (Lipinski definition) is 2. The molecule has 3 heteroatoms. The van der Waals surface area contributed by atoms with Crippen LogP contribution in [0.4, 0.5) is 0 Å². The molecule has 0 bridgehead atoms. The van der Waals surface area contributed by atoms with Gasteiger partial charge < -0.3 is 10.6 Å². The first-order valence-corrected chi connectivity index (χ1v) is 7.79. The third-order valence-electron chi connectivity index (χ3n) is 3.22. The molecule has 2 rings (SSSR count). The van der Waals surface area contributed by atoms with Gasteiger partial charge in [0.2, 0.25) is 0 Å². The largest absolute Gasteiger partial charge is 0.316 e. The second-order valence-electron chi connectivity index (χ2n) is 5.30.